The highest BCUT2D eigenvalue weighted by atomic mass is 35.5. The summed E-state index contributed by atoms with van der Waals surface area (Å²) >= 11 is 5.84. The third-order valence-electron chi connectivity index (χ3n) is 2.71. The van der Waals surface area contributed by atoms with Crippen molar-refractivity contribution in [3.05, 3.63) is 64.7 Å². The van der Waals surface area contributed by atoms with Gasteiger partial charge in [0.25, 0.3) is 0 Å². The number of aliphatic hydroxyl groups is 1. The Morgan fingerprint density at radius 2 is 1.85 bits per heavy atom. The molecule has 3 N–H and O–H groups in total. The summed E-state index contributed by atoms with van der Waals surface area (Å²) in [5.74, 6) is 0. The highest BCUT2D eigenvalue weighted by Gasteiger charge is 2.02. The van der Waals surface area contributed by atoms with Gasteiger partial charge in [-0.1, -0.05) is 41.9 Å². The van der Waals surface area contributed by atoms with Crippen LogP contribution >= 0.6 is 11.6 Å². The van der Waals surface area contributed by atoms with Gasteiger partial charge in [0, 0.05) is 17.3 Å². The van der Waals surface area contributed by atoms with E-state index in [0.29, 0.717) is 17.3 Å². The molecule has 5 heteroatoms. The zero-order valence-electron chi connectivity index (χ0n) is 10.8. The van der Waals surface area contributed by atoms with E-state index in [2.05, 4.69) is 10.6 Å². The number of anilines is 1. The smallest absolute Gasteiger partial charge is 0.319 e. The molecule has 0 aliphatic rings. The third kappa shape index (κ3) is 4.26. The fourth-order valence-corrected chi connectivity index (χ4v) is 1.95. The lowest BCUT2D eigenvalue weighted by Gasteiger charge is -2.08. The number of benzene rings is 2. The van der Waals surface area contributed by atoms with Crippen LogP contribution in [0, 0.1) is 0 Å². The summed E-state index contributed by atoms with van der Waals surface area (Å²) in [5, 5.41) is 15.1. The minimum atomic E-state index is -0.304. The molecule has 2 aromatic carbocycles. The average molecular weight is 291 g/mol. The average Bonchev–Trinajstić information content (AvgIpc) is 2.45. The summed E-state index contributed by atoms with van der Waals surface area (Å²) in [6, 6.07) is 14.0. The van der Waals surface area contributed by atoms with Gasteiger partial charge < -0.3 is 15.7 Å². The predicted molar refractivity (Wildman–Crippen MR) is 79.7 cm³/mol. The van der Waals surface area contributed by atoms with E-state index in [1.54, 1.807) is 24.3 Å². The minimum absolute atomic E-state index is 0.0114. The molecule has 0 saturated carbocycles. The van der Waals surface area contributed by atoms with Gasteiger partial charge in [0.05, 0.1) is 6.61 Å². The maximum absolute atomic E-state index is 11.7. The number of nitrogens with one attached hydrogen (secondary N) is 2. The molecule has 0 fully saturated rings. The number of amides is 2. The van der Waals surface area contributed by atoms with Gasteiger partial charge in [-0.2, -0.15) is 0 Å². The van der Waals surface area contributed by atoms with Crippen molar-refractivity contribution in [1.29, 1.82) is 0 Å². The standard InChI is InChI=1S/C15H15ClN2O2/c16-13-5-2-6-14(8-13)18-15(20)17-9-11-3-1-4-12(7-11)10-19/h1-8,19H,9-10H2,(H2,17,18,20). The topological polar surface area (TPSA) is 61.4 Å². The third-order valence-corrected chi connectivity index (χ3v) is 2.94. The van der Waals surface area contributed by atoms with E-state index < -0.39 is 0 Å². The van der Waals surface area contributed by atoms with Gasteiger partial charge >= 0.3 is 6.03 Å². The molecule has 4 nitrogen and oxygen atoms in total. The highest BCUT2D eigenvalue weighted by Crippen LogP contribution is 2.14. The molecular formula is C15H15ClN2O2. The number of aliphatic hydroxyl groups excluding tert-OH is 1. The first-order chi connectivity index (χ1) is 9.67. The van der Waals surface area contributed by atoms with Gasteiger partial charge in [0.15, 0.2) is 0 Å². The van der Waals surface area contributed by atoms with E-state index in [4.69, 9.17) is 16.7 Å². The molecular weight excluding hydrogens is 276 g/mol. The Kier molecular flexibility index (Phi) is 4.98. The first-order valence-electron chi connectivity index (χ1n) is 6.16. The maximum atomic E-state index is 11.7. The normalized spacial score (nSPS) is 10.1. The molecule has 0 aliphatic carbocycles. The second-order valence-electron chi connectivity index (χ2n) is 4.30. The highest BCUT2D eigenvalue weighted by molar-refractivity contribution is 6.30. The lowest BCUT2D eigenvalue weighted by Crippen LogP contribution is -2.28. The largest absolute Gasteiger partial charge is 0.392 e. The van der Waals surface area contributed by atoms with Crippen LogP contribution in [0.2, 0.25) is 5.02 Å². The minimum Gasteiger partial charge on any atom is -0.392 e. The summed E-state index contributed by atoms with van der Waals surface area (Å²) in [5.41, 5.74) is 2.39. The van der Waals surface area contributed by atoms with Gasteiger partial charge in [0.2, 0.25) is 0 Å². The van der Waals surface area contributed by atoms with Crippen molar-refractivity contribution >= 4 is 23.3 Å². The molecule has 0 radical (unpaired) electrons. The molecule has 2 rings (SSSR count). The van der Waals surface area contributed by atoms with Gasteiger partial charge in [-0.3, -0.25) is 0 Å². The van der Waals surface area contributed by atoms with Gasteiger partial charge in [-0.05, 0) is 29.3 Å². The summed E-state index contributed by atoms with van der Waals surface area (Å²) in [7, 11) is 0. The number of carbonyl (C=O) groups is 1. The summed E-state index contributed by atoms with van der Waals surface area (Å²) in [4.78, 5) is 11.7. The first kappa shape index (κ1) is 14.4. The Morgan fingerprint density at radius 3 is 2.60 bits per heavy atom. The molecule has 0 saturated heterocycles. The van der Waals surface area contributed by atoms with Crippen LogP contribution in [0.25, 0.3) is 0 Å². The monoisotopic (exact) mass is 290 g/mol. The van der Waals surface area contributed by atoms with E-state index in [-0.39, 0.29) is 12.6 Å². The first-order valence-corrected chi connectivity index (χ1v) is 6.54. The van der Waals surface area contributed by atoms with Crippen molar-refractivity contribution < 1.29 is 9.90 Å². The molecule has 0 heterocycles. The summed E-state index contributed by atoms with van der Waals surface area (Å²) in [6.07, 6.45) is 0. The van der Waals surface area contributed by atoms with E-state index >= 15 is 0 Å². The summed E-state index contributed by atoms with van der Waals surface area (Å²) < 4.78 is 0. The van der Waals surface area contributed by atoms with Crippen LogP contribution in [0.15, 0.2) is 48.5 Å². The van der Waals surface area contributed by atoms with Crippen molar-refractivity contribution in [2.45, 2.75) is 13.2 Å². The van der Waals surface area contributed by atoms with E-state index in [1.165, 1.54) is 0 Å². The van der Waals surface area contributed by atoms with Gasteiger partial charge in [-0.25, -0.2) is 4.79 Å². The maximum Gasteiger partial charge on any atom is 0.319 e. The van der Waals surface area contributed by atoms with E-state index in [9.17, 15) is 4.79 Å². The van der Waals surface area contributed by atoms with Crippen LogP contribution < -0.4 is 10.6 Å². The predicted octanol–water partition coefficient (Wildman–Crippen LogP) is 3.15. The Morgan fingerprint density at radius 1 is 1.10 bits per heavy atom. The van der Waals surface area contributed by atoms with Crippen molar-refractivity contribution in [3.8, 4) is 0 Å². The number of rotatable bonds is 4. The van der Waals surface area contributed by atoms with Crippen LogP contribution in [0.4, 0.5) is 10.5 Å². The SMILES string of the molecule is O=C(NCc1cccc(CO)c1)Nc1cccc(Cl)c1. The van der Waals surface area contributed by atoms with Crippen molar-refractivity contribution in [1.82, 2.24) is 5.32 Å². The number of carbonyl (C=O) groups excluding carboxylic acids is 1. The van der Waals surface area contributed by atoms with Crippen molar-refractivity contribution in [2.75, 3.05) is 5.32 Å². The molecule has 104 valence electrons. The Labute approximate surface area is 122 Å². The second kappa shape index (κ2) is 6.93. The summed E-state index contributed by atoms with van der Waals surface area (Å²) in [6.45, 7) is 0.378. The fourth-order valence-electron chi connectivity index (χ4n) is 1.76. The number of halogens is 1. The van der Waals surface area contributed by atoms with Gasteiger partial charge in [-0.15, -0.1) is 0 Å². The fraction of sp³-hybridized carbons (Fsp3) is 0.133. The zero-order chi connectivity index (χ0) is 14.4. The van der Waals surface area contributed by atoms with Crippen molar-refractivity contribution in [3.63, 3.8) is 0 Å². The Balaban J connectivity index is 1.88. The quantitative estimate of drug-likeness (QED) is 0.810. The molecule has 0 bridgehead atoms. The number of hydrogen-bond acceptors (Lipinski definition) is 2. The lowest BCUT2D eigenvalue weighted by molar-refractivity contribution is 0.251. The second-order valence-corrected chi connectivity index (χ2v) is 4.73. The number of hydrogen-bond donors (Lipinski definition) is 3. The molecule has 2 aromatic rings. The lowest BCUT2D eigenvalue weighted by atomic mass is 10.1. The zero-order valence-corrected chi connectivity index (χ0v) is 11.5. The number of urea groups is 1. The Hall–Kier alpha value is -2.04. The molecule has 0 aliphatic heterocycles. The van der Waals surface area contributed by atoms with Crippen LogP contribution in [0.1, 0.15) is 11.1 Å². The molecule has 20 heavy (non-hydrogen) atoms. The Bertz CT molecular complexity index is 602. The molecule has 0 aromatic heterocycles. The van der Waals surface area contributed by atoms with E-state index in [1.807, 2.05) is 24.3 Å². The van der Waals surface area contributed by atoms with Crippen molar-refractivity contribution in [2.24, 2.45) is 0 Å². The molecule has 0 unspecified atom stereocenters. The molecule has 0 spiro atoms. The van der Waals surface area contributed by atoms with Crippen LogP contribution in [-0.2, 0) is 13.2 Å². The molecule has 0 atom stereocenters. The van der Waals surface area contributed by atoms with Gasteiger partial charge in [0.1, 0.15) is 0 Å². The van der Waals surface area contributed by atoms with Crippen LogP contribution in [0.5, 0.6) is 0 Å². The van der Waals surface area contributed by atoms with E-state index in [0.717, 1.165) is 11.1 Å². The van der Waals surface area contributed by atoms with Crippen LogP contribution in [-0.4, -0.2) is 11.1 Å². The van der Waals surface area contributed by atoms with Crippen LogP contribution in [0.3, 0.4) is 0 Å². The molecule has 2 amide bonds.